The molecule has 2 aromatic carbocycles. The Morgan fingerprint density at radius 2 is 1.69 bits per heavy atom. The number of ketones is 1. The van der Waals surface area contributed by atoms with Crippen LogP contribution in [0.15, 0.2) is 60.7 Å². The SMILES string of the molecule is C[C@H](OC(=O)[C@H]1CC(=O)N(Cc2ccccc2)C1)C(=O)c1ccccc1. The predicted molar refractivity (Wildman–Crippen MR) is 96.3 cm³/mol. The van der Waals surface area contributed by atoms with Crippen molar-refractivity contribution in [2.45, 2.75) is 26.0 Å². The maximum atomic E-state index is 12.4. The van der Waals surface area contributed by atoms with Gasteiger partial charge in [0.05, 0.1) is 5.92 Å². The zero-order chi connectivity index (χ0) is 18.5. The van der Waals surface area contributed by atoms with Gasteiger partial charge in [0.15, 0.2) is 6.10 Å². The highest BCUT2D eigenvalue weighted by atomic mass is 16.5. The van der Waals surface area contributed by atoms with Crippen LogP contribution in [-0.4, -0.2) is 35.2 Å². The van der Waals surface area contributed by atoms with Crippen LogP contribution < -0.4 is 0 Å². The maximum Gasteiger partial charge on any atom is 0.311 e. The van der Waals surface area contributed by atoms with Crippen molar-refractivity contribution in [1.29, 1.82) is 0 Å². The third-order valence-electron chi connectivity index (χ3n) is 4.48. The Morgan fingerprint density at radius 3 is 2.35 bits per heavy atom. The molecule has 1 amide bonds. The Hall–Kier alpha value is -2.95. The fourth-order valence-electron chi connectivity index (χ4n) is 3.05. The first-order valence-electron chi connectivity index (χ1n) is 8.66. The smallest absolute Gasteiger partial charge is 0.311 e. The summed E-state index contributed by atoms with van der Waals surface area (Å²) in [5.41, 5.74) is 1.52. The zero-order valence-corrected chi connectivity index (χ0v) is 14.6. The van der Waals surface area contributed by atoms with Crippen LogP contribution in [0.2, 0.25) is 0 Å². The second-order valence-electron chi connectivity index (χ2n) is 6.47. The number of amides is 1. The molecule has 3 rings (SSSR count). The molecule has 1 fully saturated rings. The highest BCUT2D eigenvalue weighted by Crippen LogP contribution is 2.22. The summed E-state index contributed by atoms with van der Waals surface area (Å²) < 4.78 is 5.33. The monoisotopic (exact) mass is 351 g/mol. The fourth-order valence-corrected chi connectivity index (χ4v) is 3.05. The Labute approximate surface area is 152 Å². The van der Waals surface area contributed by atoms with Crippen LogP contribution in [0.5, 0.6) is 0 Å². The summed E-state index contributed by atoms with van der Waals surface area (Å²) in [6.07, 6.45) is -0.749. The second kappa shape index (κ2) is 7.95. The van der Waals surface area contributed by atoms with Crippen molar-refractivity contribution in [2.75, 3.05) is 6.54 Å². The van der Waals surface area contributed by atoms with Gasteiger partial charge in [0.1, 0.15) is 0 Å². The Balaban J connectivity index is 1.57. The summed E-state index contributed by atoms with van der Waals surface area (Å²) in [5, 5.41) is 0. The fraction of sp³-hybridized carbons (Fsp3) is 0.286. The van der Waals surface area contributed by atoms with E-state index in [-0.39, 0.29) is 18.1 Å². The van der Waals surface area contributed by atoms with E-state index in [0.29, 0.717) is 18.7 Å². The number of rotatable bonds is 6. The summed E-state index contributed by atoms with van der Waals surface area (Å²) in [7, 11) is 0. The number of carbonyl (C=O) groups is 3. The molecule has 2 aromatic rings. The molecule has 1 aliphatic rings. The van der Waals surface area contributed by atoms with Crippen LogP contribution in [0.3, 0.4) is 0 Å². The molecule has 2 atom stereocenters. The number of benzene rings is 2. The predicted octanol–water partition coefficient (Wildman–Crippen LogP) is 2.85. The molecule has 0 N–H and O–H groups in total. The van der Waals surface area contributed by atoms with Crippen molar-refractivity contribution in [3.63, 3.8) is 0 Å². The number of carbonyl (C=O) groups excluding carboxylic acids is 3. The molecule has 0 unspecified atom stereocenters. The summed E-state index contributed by atoms with van der Waals surface area (Å²) in [6.45, 7) is 2.35. The van der Waals surface area contributed by atoms with E-state index in [4.69, 9.17) is 4.74 Å². The lowest BCUT2D eigenvalue weighted by atomic mass is 10.1. The van der Waals surface area contributed by atoms with Gasteiger partial charge in [-0.1, -0.05) is 60.7 Å². The molecule has 1 heterocycles. The summed E-state index contributed by atoms with van der Waals surface area (Å²) >= 11 is 0. The first kappa shape index (κ1) is 17.9. The van der Waals surface area contributed by atoms with E-state index in [9.17, 15) is 14.4 Å². The van der Waals surface area contributed by atoms with Gasteiger partial charge in [0.2, 0.25) is 11.7 Å². The molecule has 0 bridgehead atoms. The van der Waals surface area contributed by atoms with E-state index < -0.39 is 18.0 Å². The van der Waals surface area contributed by atoms with Gasteiger partial charge < -0.3 is 9.64 Å². The second-order valence-corrected chi connectivity index (χ2v) is 6.47. The van der Waals surface area contributed by atoms with Gasteiger partial charge in [0.25, 0.3) is 0 Å². The maximum absolute atomic E-state index is 12.4. The zero-order valence-electron chi connectivity index (χ0n) is 14.6. The standard InChI is InChI=1S/C21H21NO4/c1-15(20(24)17-10-6-3-7-11-17)26-21(25)18-12-19(23)22(14-18)13-16-8-4-2-5-9-16/h2-11,15,18H,12-14H2,1H3/t15-,18-/m0/s1. The third kappa shape index (κ3) is 4.17. The minimum absolute atomic E-state index is 0.0714. The molecular weight excluding hydrogens is 330 g/mol. The molecule has 0 aromatic heterocycles. The largest absolute Gasteiger partial charge is 0.454 e. The molecule has 1 saturated heterocycles. The van der Waals surface area contributed by atoms with E-state index in [1.165, 1.54) is 0 Å². The quantitative estimate of drug-likeness (QED) is 0.593. The normalized spacial score (nSPS) is 17.8. The lowest BCUT2D eigenvalue weighted by Crippen LogP contribution is -2.30. The van der Waals surface area contributed by atoms with E-state index in [1.54, 1.807) is 36.1 Å². The lowest BCUT2D eigenvalue weighted by molar-refractivity contribution is -0.151. The summed E-state index contributed by atoms with van der Waals surface area (Å²) in [5.74, 6) is -1.34. The van der Waals surface area contributed by atoms with Gasteiger partial charge in [-0.15, -0.1) is 0 Å². The number of esters is 1. The molecule has 0 radical (unpaired) electrons. The first-order valence-corrected chi connectivity index (χ1v) is 8.66. The third-order valence-corrected chi connectivity index (χ3v) is 4.48. The van der Waals surface area contributed by atoms with E-state index in [2.05, 4.69) is 0 Å². The molecule has 5 heteroatoms. The number of hydrogen-bond donors (Lipinski definition) is 0. The van der Waals surface area contributed by atoms with Crippen molar-refractivity contribution in [1.82, 2.24) is 4.90 Å². The van der Waals surface area contributed by atoms with E-state index in [1.807, 2.05) is 36.4 Å². The Bertz CT molecular complexity index is 788. The first-order chi connectivity index (χ1) is 12.5. The molecule has 134 valence electrons. The highest BCUT2D eigenvalue weighted by molar-refractivity contribution is 6.00. The van der Waals surface area contributed by atoms with Gasteiger partial charge in [-0.25, -0.2) is 0 Å². The van der Waals surface area contributed by atoms with Gasteiger partial charge in [0, 0.05) is 25.1 Å². The van der Waals surface area contributed by atoms with Crippen LogP contribution >= 0.6 is 0 Å². The minimum atomic E-state index is -0.872. The van der Waals surface area contributed by atoms with Gasteiger partial charge in [-0.3, -0.25) is 14.4 Å². The molecule has 0 saturated carbocycles. The topological polar surface area (TPSA) is 63.7 Å². The number of nitrogens with zero attached hydrogens (tertiary/aromatic N) is 1. The van der Waals surface area contributed by atoms with Crippen molar-refractivity contribution >= 4 is 17.7 Å². The van der Waals surface area contributed by atoms with Crippen molar-refractivity contribution in [3.8, 4) is 0 Å². The van der Waals surface area contributed by atoms with Crippen LogP contribution in [0.25, 0.3) is 0 Å². The van der Waals surface area contributed by atoms with Gasteiger partial charge in [-0.2, -0.15) is 0 Å². The molecule has 1 aliphatic heterocycles. The average molecular weight is 351 g/mol. The minimum Gasteiger partial charge on any atom is -0.454 e. The molecule has 26 heavy (non-hydrogen) atoms. The molecule has 5 nitrogen and oxygen atoms in total. The van der Waals surface area contributed by atoms with Gasteiger partial charge in [-0.05, 0) is 12.5 Å². The number of likely N-dealkylation sites (tertiary alicyclic amines) is 1. The lowest BCUT2D eigenvalue weighted by Gasteiger charge is -2.17. The molecule has 0 aliphatic carbocycles. The van der Waals surface area contributed by atoms with Crippen LogP contribution in [0, 0.1) is 5.92 Å². The van der Waals surface area contributed by atoms with Crippen LogP contribution in [0.4, 0.5) is 0 Å². The number of ether oxygens (including phenoxy) is 1. The van der Waals surface area contributed by atoms with Crippen molar-refractivity contribution in [2.24, 2.45) is 5.92 Å². The average Bonchev–Trinajstić information content (AvgIpc) is 3.03. The number of hydrogen-bond acceptors (Lipinski definition) is 4. The Kier molecular flexibility index (Phi) is 5.46. The number of Topliss-reactive ketones (excluding diaryl/α,β-unsaturated/α-hetero) is 1. The Morgan fingerprint density at radius 1 is 1.08 bits per heavy atom. The van der Waals surface area contributed by atoms with E-state index in [0.717, 1.165) is 5.56 Å². The van der Waals surface area contributed by atoms with E-state index >= 15 is 0 Å². The molecule has 0 spiro atoms. The summed E-state index contributed by atoms with van der Waals surface area (Å²) in [6, 6.07) is 18.4. The van der Waals surface area contributed by atoms with Gasteiger partial charge >= 0.3 is 5.97 Å². The van der Waals surface area contributed by atoms with Crippen LogP contribution in [0.1, 0.15) is 29.3 Å². The highest BCUT2D eigenvalue weighted by Gasteiger charge is 2.36. The van der Waals surface area contributed by atoms with Crippen molar-refractivity contribution in [3.05, 3.63) is 71.8 Å². The van der Waals surface area contributed by atoms with Crippen molar-refractivity contribution < 1.29 is 19.1 Å². The summed E-state index contributed by atoms with van der Waals surface area (Å²) in [4.78, 5) is 38.5. The molecular formula is C21H21NO4. The van der Waals surface area contributed by atoms with Crippen LogP contribution in [-0.2, 0) is 20.9 Å².